The van der Waals surface area contributed by atoms with Crippen LogP contribution in [0.5, 0.6) is 0 Å². The smallest absolute Gasteiger partial charge is 0.271 e. The summed E-state index contributed by atoms with van der Waals surface area (Å²) in [6, 6.07) is 10.1. The van der Waals surface area contributed by atoms with Crippen molar-refractivity contribution in [2.45, 2.75) is 42.2 Å². The molecule has 1 aromatic heterocycles. The number of benzene rings is 1. The number of thiophene rings is 1. The molecule has 0 spiro atoms. The zero-order chi connectivity index (χ0) is 18.8. The third-order valence-electron chi connectivity index (χ3n) is 4.68. The van der Waals surface area contributed by atoms with Gasteiger partial charge in [0, 0.05) is 12.2 Å². The van der Waals surface area contributed by atoms with Crippen molar-refractivity contribution in [3.8, 4) is 0 Å². The van der Waals surface area contributed by atoms with Gasteiger partial charge in [0.05, 0.1) is 9.75 Å². The van der Waals surface area contributed by atoms with Crippen LogP contribution in [-0.2, 0) is 20.2 Å². The van der Waals surface area contributed by atoms with Crippen molar-refractivity contribution in [3.05, 3.63) is 46.3 Å². The zero-order valence-electron chi connectivity index (χ0n) is 14.4. The van der Waals surface area contributed by atoms with Gasteiger partial charge in [-0.25, -0.2) is 8.42 Å². The highest BCUT2D eigenvalue weighted by Gasteiger charge is 2.45. The zero-order valence-corrected chi connectivity index (χ0v) is 16.8. The maximum atomic E-state index is 12.6. The lowest BCUT2D eigenvalue weighted by atomic mass is 9.64. The first kappa shape index (κ1) is 19.2. The molecular weight excluding hydrogens is 392 g/mol. The molecule has 0 aliphatic heterocycles. The second-order valence-corrected chi connectivity index (χ2v) is 10.1. The Balaban J connectivity index is 1.77. The Kier molecular flexibility index (Phi) is 5.60. The van der Waals surface area contributed by atoms with E-state index in [-0.39, 0.29) is 10.1 Å². The van der Waals surface area contributed by atoms with E-state index in [1.807, 2.05) is 19.1 Å². The van der Waals surface area contributed by atoms with Gasteiger partial charge in [-0.2, -0.15) is 0 Å². The van der Waals surface area contributed by atoms with E-state index in [1.54, 1.807) is 18.2 Å². The number of hydrogen-bond donors (Lipinski definition) is 2. The van der Waals surface area contributed by atoms with Gasteiger partial charge in [0.15, 0.2) is 0 Å². The van der Waals surface area contributed by atoms with Crippen LogP contribution in [-0.4, -0.2) is 20.9 Å². The molecule has 0 bridgehead atoms. The molecule has 1 aliphatic rings. The lowest BCUT2D eigenvalue weighted by Crippen LogP contribution is -2.49. The Morgan fingerprint density at radius 2 is 1.88 bits per heavy atom. The largest absolute Gasteiger partial charge is 0.355 e. The normalized spacial score (nSPS) is 15.9. The first-order chi connectivity index (χ1) is 12.4. The highest BCUT2D eigenvalue weighted by Crippen LogP contribution is 2.44. The molecule has 1 fully saturated rings. The standard InChI is InChI=1S/C18H21ClN2O3S2/c1-2-12-20-17(22)18(10-3-11-18)13-4-6-14(7-5-13)21-26(23,24)16-9-8-15(19)25-16/h4-9,21H,2-3,10-12H2,1H3,(H,20,22). The van der Waals surface area contributed by atoms with Crippen molar-refractivity contribution in [2.24, 2.45) is 0 Å². The fraction of sp³-hybridized carbons (Fsp3) is 0.389. The molecule has 3 rings (SSSR count). The summed E-state index contributed by atoms with van der Waals surface area (Å²) in [4.78, 5) is 12.6. The average Bonchev–Trinajstić information content (AvgIpc) is 3.00. The van der Waals surface area contributed by atoms with E-state index >= 15 is 0 Å². The highest BCUT2D eigenvalue weighted by atomic mass is 35.5. The van der Waals surface area contributed by atoms with Crippen LogP contribution in [0.25, 0.3) is 0 Å². The van der Waals surface area contributed by atoms with Crippen LogP contribution in [0.1, 0.15) is 38.2 Å². The van der Waals surface area contributed by atoms with Crippen LogP contribution >= 0.6 is 22.9 Å². The number of hydrogen-bond acceptors (Lipinski definition) is 4. The van der Waals surface area contributed by atoms with Gasteiger partial charge in [-0.3, -0.25) is 9.52 Å². The predicted octanol–water partition coefficient (Wildman–Crippen LogP) is 4.15. The summed E-state index contributed by atoms with van der Waals surface area (Å²) in [7, 11) is -3.66. The third kappa shape index (κ3) is 3.75. The summed E-state index contributed by atoms with van der Waals surface area (Å²) in [6.07, 6.45) is 3.56. The molecule has 1 aliphatic carbocycles. The maximum absolute atomic E-state index is 12.6. The molecule has 5 nitrogen and oxygen atoms in total. The molecule has 0 radical (unpaired) electrons. The minimum atomic E-state index is -3.66. The first-order valence-electron chi connectivity index (χ1n) is 8.54. The predicted molar refractivity (Wildman–Crippen MR) is 105 cm³/mol. The summed E-state index contributed by atoms with van der Waals surface area (Å²) < 4.78 is 27.9. The molecule has 2 aromatic rings. The molecule has 8 heteroatoms. The Hall–Kier alpha value is -1.57. The summed E-state index contributed by atoms with van der Waals surface area (Å²) in [5.74, 6) is 0.0622. The number of carbonyl (C=O) groups is 1. The molecule has 26 heavy (non-hydrogen) atoms. The van der Waals surface area contributed by atoms with Crippen molar-refractivity contribution in [2.75, 3.05) is 11.3 Å². The van der Waals surface area contributed by atoms with Crippen molar-refractivity contribution in [3.63, 3.8) is 0 Å². The van der Waals surface area contributed by atoms with Gasteiger partial charge in [-0.1, -0.05) is 37.1 Å². The lowest BCUT2D eigenvalue weighted by molar-refractivity contribution is -0.129. The molecule has 1 aromatic carbocycles. The van der Waals surface area contributed by atoms with Crippen molar-refractivity contribution < 1.29 is 13.2 Å². The number of amides is 1. The van der Waals surface area contributed by atoms with Crippen molar-refractivity contribution in [1.82, 2.24) is 5.32 Å². The monoisotopic (exact) mass is 412 g/mol. The van der Waals surface area contributed by atoms with Crippen LogP contribution in [0.2, 0.25) is 4.34 Å². The molecule has 1 saturated carbocycles. The number of rotatable bonds is 7. The van der Waals surface area contributed by atoms with Gasteiger partial charge >= 0.3 is 0 Å². The highest BCUT2D eigenvalue weighted by molar-refractivity contribution is 7.94. The van der Waals surface area contributed by atoms with E-state index in [4.69, 9.17) is 11.6 Å². The summed E-state index contributed by atoms with van der Waals surface area (Å²) >= 11 is 6.82. The fourth-order valence-electron chi connectivity index (χ4n) is 3.09. The SMILES string of the molecule is CCCNC(=O)C1(c2ccc(NS(=O)(=O)c3ccc(Cl)s3)cc2)CCC1. The van der Waals surface area contributed by atoms with Gasteiger partial charge < -0.3 is 5.32 Å². The average molecular weight is 413 g/mol. The second kappa shape index (κ2) is 7.58. The minimum absolute atomic E-state index is 0.0622. The minimum Gasteiger partial charge on any atom is -0.355 e. The molecule has 0 atom stereocenters. The Bertz CT molecular complexity index is 887. The van der Waals surface area contributed by atoms with E-state index in [1.165, 1.54) is 6.07 Å². The second-order valence-electron chi connectivity index (χ2n) is 6.43. The van der Waals surface area contributed by atoms with Gasteiger partial charge in [0.2, 0.25) is 5.91 Å². The number of nitrogens with one attached hydrogen (secondary N) is 2. The summed E-state index contributed by atoms with van der Waals surface area (Å²) in [5, 5.41) is 2.99. The molecule has 2 N–H and O–H groups in total. The number of sulfonamides is 1. The van der Waals surface area contributed by atoms with E-state index < -0.39 is 15.4 Å². The number of halogens is 1. The molecule has 0 unspecified atom stereocenters. The molecular formula is C18H21ClN2O3S2. The maximum Gasteiger partial charge on any atom is 0.271 e. The Morgan fingerprint density at radius 3 is 2.38 bits per heavy atom. The fourth-order valence-corrected chi connectivity index (χ4v) is 5.63. The van der Waals surface area contributed by atoms with Crippen LogP contribution in [0.4, 0.5) is 5.69 Å². The Labute approximate surface area is 162 Å². The van der Waals surface area contributed by atoms with Crippen LogP contribution < -0.4 is 10.0 Å². The summed E-state index contributed by atoms with van der Waals surface area (Å²) in [5.41, 5.74) is 0.912. The Morgan fingerprint density at radius 1 is 1.19 bits per heavy atom. The molecule has 140 valence electrons. The van der Waals surface area contributed by atoms with E-state index in [9.17, 15) is 13.2 Å². The van der Waals surface area contributed by atoms with Crippen LogP contribution in [0.3, 0.4) is 0 Å². The lowest BCUT2D eigenvalue weighted by Gasteiger charge is -2.40. The third-order valence-corrected chi connectivity index (χ3v) is 7.78. The molecule has 1 amide bonds. The molecule has 1 heterocycles. The van der Waals surface area contributed by atoms with Gasteiger partial charge in [0.25, 0.3) is 10.0 Å². The van der Waals surface area contributed by atoms with E-state index in [2.05, 4.69) is 10.0 Å². The van der Waals surface area contributed by atoms with Gasteiger partial charge in [0.1, 0.15) is 4.21 Å². The topological polar surface area (TPSA) is 75.3 Å². The number of carbonyl (C=O) groups excluding carboxylic acids is 1. The van der Waals surface area contributed by atoms with Crippen LogP contribution in [0.15, 0.2) is 40.6 Å². The quantitative estimate of drug-likeness (QED) is 0.717. The molecule has 0 saturated heterocycles. The van der Waals surface area contributed by atoms with Gasteiger partial charge in [-0.15, -0.1) is 11.3 Å². The number of anilines is 1. The van der Waals surface area contributed by atoms with Gasteiger partial charge in [-0.05, 0) is 49.1 Å². The van der Waals surface area contributed by atoms with Crippen molar-refractivity contribution >= 4 is 44.6 Å². The first-order valence-corrected chi connectivity index (χ1v) is 11.2. The summed E-state index contributed by atoms with van der Waals surface area (Å²) in [6.45, 7) is 2.69. The van der Waals surface area contributed by atoms with Crippen molar-refractivity contribution in [1.29, 1.82) is 0 Å². The van der Waals surface area contributed by atoms with Crippen LogP contribution in [0, 0.1) is 0 Å². The van der Waals surface area contributed by atoms with E-state index in [0.717, 1.165) is 42.6 Å². The van der Waals surface area contributed by atoms with E-state index in [0.29, 0.717) is 16.6 Å².